The third kappa shape index (κ3) is 5.41. The smallest absolute Gasteiger partial charge is 0.270 e. The van der Waals surface area contributed by atoms with E-state index in [4.69, 9.17) is 5.73 Å². The number of aromatic nitrogens is 3. The molecule has 0 aliphatic heterocycles. The SMILES string of the molecule is CC(C)NC(=O)c1cccc(C(=O)NCc2cnn(-c3cc(N)cc(Br)c3)c2)n1. The summed E-state index contributed by atoms with van der Waals surface area (Å²) in [5, 5.41) is 9.85. The zero-order valence-electron chi connectivity index (χ0n) is 16.0. The number of nitrogens with zero attached hydrogens (tertiary/aromatic N) is 3. The molecule has 2 amide bonds. The highest BCUT2D eigenvalue weighted by atomic mass is 79.9. The highest BCUT2D eigenvalue weighted by Gasteiger charge is 2.13. The molecule has 3 aromatic rings. The Kier molecular flexibility index (Phi) is 6.28. The largest absolute Gasteiger partial charge is 0.399 e. The fraction of sp³-hybridized carbons (Fsp3) is 0.200. The molecule has 8 nitrogen and oxygen atoms in total. The Morgan fingerprint density at radius 3 is 2.59 bits per heavy atom. The Bertz CT molecular complexity index is 1030. The van der Waals surface area contributed by atoms with E-state index in [1.807, 2.05) is 19.9 Å². The van der Waals surface area contributed by atoms with E-state index in [1.165, 1.54) is 0 Å². The van der Waals surface area contributed by atoms with Crippen molar-refractivity contribution >= 4 is 33.4 Å². The monoisotopic (exact) mass is 456 g/mol. The van der Waals surface area contributed by atoms with Crippen molar-refractivity contribution in [2.75, 3.05) is 5.73 Å². The first kappa shape index (κ1) is 20.5. The number of halogens is 1. The van der Waals surface area contributed by atoms with E-state index >= 15 is 0 Å². The van der Waals surface area contributed by atoms with Gasteiger partial charge >= 0.3 is 0 Å². The molecule has 1 aromatic carbocycles. The molecule has 0 atom stereocenters. The van der Waals surface area contributed by atoms with E-state index in [0.717, 1.165) is 15.7 Å². The Morgan fingerprint density at radius 2 is 1.90 bits per heavy atom. The summed E-state index contributed by atoms with van der Waals surface area (Å²) < 4.78 is 2.53. The first-order valence-corrected chi connectivity index (χ1v) is 9.77. The normalized spacial score (nSPS) is 10.8. The number of pyridine rings is 1. The lowest BCUT2D eigenvalue weighted by Gasteiger charge is -2.09. The molecule has 0 spiro atoms. The van der Waals surface area contributed by atoms with Crippen molar-refractivity contribution in [2.24, 2.45) is 0 Å². The molecule has 9 heteroatoms. The van der Waals surface area contributed by atoms with Gasteiger partial charge in [-0.2, -0.15) is 5.10 Å². The van der Waals surface area contributed by atoms with Crippen LogP contribution in [0.5, 0.6) is 0 Å². The second kappa shape index (κ2) is 8.87. The van der Waals surface area contributed by atoms with E-state index < -0.39 is 0 Å². The van der Waals surface area contributed by atoms with Crippen molar-refractivity contribution in [1.29, 1.82) is 0 Å². The van der Waals surface area contributed by atoms with Gasteiger partial charge in [-0.15, -0.1) is 0 Å². The van der Waals surface area contributed by atoms with Gasteiger partial charge in [0.15, 0.2) is 0 Å². The number of hydrogen-bond acceptors (Lipinski definition) is 5. The molecular formula is C20H21BrN6O2. The molecular weight excluding hydrogens is 436 g/mol. The fourth-order valence-corrected chi connectivity index (χ4v) is 3.12. The maximum absolute atomic E-state index is 12.4. The molecule has 2 heterocycles. The van der Waals surface area contributed by atoms with Crippen molar-refractivity contribution in [3.05, 3.63) is 70.2 Å². The molecule has 0 unspecified atom stereocenters. The number of nitrogens with one attached hydrogen (secondary N) is 2. The molecule has 29 heavy (non-hydrogen) atoms. The third-order valence-corrected chi connectivity index (χ3v) is 4.35. The summed E-state index contributed by atoms with van der Waals surface area (Å²) >= 11 is 3.41. The summed E-state index contributed by atoms with van der Waals surface area (Å²) in [6.45, 7) is 3.99. The second-order valence-electron chi connectivity index (χ2n) is 6.75. The first-order chi connectivity index (χ1) is 13.8. The molecule has 0 bridgehead atoms. The van der Waals surface area contributed by atoms with E-state index in [9.17, 15) is 9.59 Å². The van der Waals surface area contributed by atoms with Gasteiger partial charge in [0.2, 0.25) is 0 Å². The third-order valence-electron chi connectivity index (χ3n) is 3.89. The predicted octanol–water partition coefficient (Wildman–Crippen LogP) is 2.68. The number of nitrogens with two attached hydrogens (primary N) is 1. The van der Waals surface area contributed by atoms with Crippen LogP contribution in [0.3, 0.4) is 0 Å². The number of benzene rings is 1. The summed E-state index contributed by atoms with van der Waals surface area (Å²) in [5.74, 6) is -0.687. The Hall–Kier alpha value is -3.20. The van der Waals surface area contributed by atoms with Crippen LogP contribution in [0.1, 0.15) is 40.4 Å². The molecule has 0 saturated heterocycles. The van der Waals surface area contributed by atoms with Crippen LogP contribution in [0, 0.1) is 0 Å². The van der Waals surface area contributed by atoms with E-state index in [1.54, 1.807) is 47.4 Å². The van der Waals surface area contributed by atoms with Gasteiger partial charge in [-0.1, -0.05) is 22.0 Å². The Balaban J connectivity index is 1.66. The van der Waals surface area contributed by atoms with Crippen LogP contribution in [0.4, 0.5) is 5.69 Å². The first-order valence-electron chi connectivity index (χ1n) is 8.98. The predicted molar refractivity (Wildman–Crippen MR) is 114 cm³/mol. The van der Waals surface area contributed by atoms with Gasteiger partial charge in [0.05, 0.1) is 11.9 Å². The zero-order chi connectivity index (χ0) is 21.0. The van der Waals surface area contributed by atoms with Crippen LogP contribution in [-0.4, -0.2) is 32.6 Å². The summed E-state index contributed by atoms with van der Waals surface area (Å²) in [7, 11) is 0. The van der Waals surface area contributed by atoms with Crippen LogP contribution in [0.2, 0.25) is 0 Å². The standard InChI is InChI=1S/C20H21BrN6O2/c1-12(2)25-20(29)18-5-3-4-17(26-18)19(28)23-9-13-10-24-27(11-13)16-7-14(21)6-15(22)8-16/h3-8,10-12H,9,22H2,1-2H3,(H,23,28)(H,25,29). The summed E-state index contributed by atoms with van der Waals surface area (Å²) in [4.78, 5) is 28.6. The van der Waals surface area contributed by atoms with Gasteiger partial charge in [-0.05, 0) is 44.2 Å². The van der Waals surface area contributed by atoms with Gasteiger partial charge in [0.1, 0.15) is 11.4 Å². The van der Waals surface area contributed by atoms with Gasteiger partial charge in [-0.3, -0.25) is 9.59 Å². The molecule has 2 aromatic heterocycles. The molecule has 0 radical (unpaired) electrons. The van der Waals surface area contributed by atoms with Gasteiger partial charge in [0.25, 0.3) is 11.8 Å². The average Bonchev–Trinajstić information content (AvgIpc) is 3.14. The minimum atomic E-state index is -0.372. The molecule has 0 aliphatic rings. The summed E-state index contributed by atoms with van der Waals surface area (Å²) in [6.07, 6.45) is 3.47. The van der Waals surface area contributed by atoms with E-state index in [-0.39, 0.29) is 35.8 Å². The number of amides is 2. The van der Waals surface area contributed by atoms with E-state index in [0.29, 0.717) is 5.69 Å². The molecule has 150 valence electrons. The van der Waals surface area contributed by atoms with Crippen LogP contribution in [0.25, 0.3) is 5.69 Å². The van der Waals surface area contributed by atoms with Crippen molar-refractivity contribution < 1.29 is 9.59 Å². The quantitative estimate of drug-likeness (QED) is 0.493. The molecule has 4 N–H and O–H groups in total. The lowest BCUT2D eigenvalue weighted by molar-refractivity contribution is 0.0936. The molecule has 3 rings (SSSR count). The minimum Gasteiger partial charge on any atom is -0.399 e. The van der Waals surface area contributed by atoms with Gasteiger partial charge in [-0.25, -0.2) is 9.67 Å². The van der Waals surface area contributed by atoms with Crippen LogP contribution in [0.15, 0.2) is 53.3 Å². The average molecular weight is 457 g/mol. The minimum absolute atomic E-state index is 0.0149. The number of carbonyl (C=O) groups excluding carboxylic acids is 2. The van der Waals surface area contributed by atoms with Crippen molar-refractivity contribution in [2.45, 2.75) is 26.4 Å². The lowest BCUT2D eigenvalue weighted by Crippen LogP contribution is -2.31. The fourth-order valence-electron chi connectivity index (χ4n) is 2.62. The summed E-state index contributed by atoms with van der Waals surface area (Å²) in [5.41, 5.74) is 8.47. The number of carbonyl (C=O) groups is 2. The zero-order valence-corrected chi connectivity index (χ0v) is 17.6. The highest BCUT2D eigenvalue weighted by molar-refractivity contribution is 9.10. The molecule has 0 aliphatic carbocycles. The van der Waals surface area contributed by atoms with Crippen molar-refractivity contribution in [3.63, 3.8) is 0 Å². The highest BCUT2D eigenvalue weighted by Crippen LogP contribution is 2.20. The number of rotatable bonds is 6. The maximum Gasteiger partial charge on any atom is 0.270 e. The van der Waals surface area contributed by atoms with Gasteiger partial charge < -0.3 is 16.4 Å². The molecule has 0 saturated carbocycles. The van der Waals surface area contributed by atoms with Gasteiger partial charge in [0, 0.05) is 34.5 Å². The number of hydrogen-bond donors (Lipinski definition) is 3. The van der Waals surface area contributed by atoms with E-state index in [2.05, 4.69) is 36.6 Å². The molecule has 0 fully saturated rings. The number of anilines is 1. The Labute approximate surface area is 176 Å². The lowest BCUT2D eigenvalue weighted by atomic mass is 10.2. The van der Waals surface area contributed by atoms with Crippen LogP contribution >= 0.6 is 15.9 Å². The second-order valence-corrected chi connectivity index (χ2v) is 7.67. The van der Waals surface area contributed by atoms with Crippen molar-refractivity contribution in [1.82, 2.24) is 25.4 Å². The Morgan fingerprint density at radius 1 is 1.17 bits per heavy atom. The number of nitrogen functional groups attached to an aromatic ring is 1. The topological polar surface area (TPSA) is 115 Å². The van der Waals surface area contributed by atoms with Crippen LogP contribution < -0.4 is 16.4 Å². The maximum atomic E-state index is 12.4. The van der Waals surface area contributed by atoms with Crippen LogP contribution in [-0.2, 0) is 6.54 Å². The van der Waals surface area contributed by atoms with Crippen molar-refractivity contribution in [3.8, 4) is 5.69 Å². The summed E-state index contributed by atoms with van der Waals surface area (Å²) in [6, 6.07) is 10.3.